The Hall–Kier alpha value is -4.78. The Labute approximate surface area is 326 Å². The molecule has 0 atom stereocenters. The topological polar surface area (TPSA) is 4.44 Å². The summed E-state index contributed by atoms with van der Waals surface area (Å²) in [4.78, 5) is 1.42. The second-order valence-corrected chi connectivity index (χ2v) is 13.4. The van der Waals surface area contributed by atoms with Crippen LogP contribution in [-0.2, 0) is 49.4 Å². The smallest absolute Gasteiger partial charge is 0.342 e. The number of benzene rings is 4. The molecular formula is C35H22BF24N. The van der Waals surface area contributed by atoms with Crippen LogP contribution in [0.25, 0.3) is 0 Å². The van der Waals surface area contributed by atoms with Gasteiger partial charge in [-0.2, -0.15) is 127 Å². The zero-order valence-corrected chi connectivity index (χ0v) is 30.1. The lowest BCUT2D eigenvalue weighted by molar-refractivity contribution is -0.836. The van der Waals surface area contributed by atoms with Gasteiger partial charge in [0.05, 0.1) is 43.4 Å². The summed E-state index contributed by atoms with van der Waals surface area (Å²) in [5, 5.41) is 0. The molecular weight excluding hydrogens is 901 g/mol. The molecule has 0 aliphatic carbocycles. The van der Waals surface area contributed by atoms with Crippen LogP contribution < -0.4 is 26.8 Å². The van der Waals surface area contributed by atoms with Crippen LogP contribution in [0.15, 0.2) is 72.8 Å². The van der Waals surface area contributed by atoms with E-state index in [9.17, 15) is 52.7 Å². The van der Waals surface area contributed by atoms with Crippen molar-refractivity contribution in [3.63, 3.8) is 0 Å². The fourth-order valence-electron chi connectivity index (χ4n) is 6.94. The van der Waals surface area contributed by atoms with Crippen molar-refractivity contribution in [1.29, 1.82) is 0 Å². The highest BCUT2D eigenvalue weighted by molar-refractivity contribution is 7.20. The number of halogens is 24. The van der Waals surface area contributed by atoms with Crippen LogP contribution in [0.5, 0.6) is 0 Å². The SMILES string of the molecule is C[NH+](C)C.FC(F)(F)c1cccc([B-](c2cccc(C(F)(F)F)c2C(F)(F)F)(c2cccc(C(F)(F)F)c2C(F)(F)F)c2cccc(C(F)(F)F)c2C(F)(F)F)c1C(F)(F)F. The normalized spacial score (nSPS) is 14.0. The van der Waals surface area contributed by atoms with Gasteiger partial charge in [-0.15, -0.1) is 0 Å². The van der Waals surface area contributed by atoms with Gasteiger partial charge in [0.15, 0.2) is 0 Å². The Bertz CT molecular complexity index is 1880. The summed E-state index contributed by atoms with van der Waals surface area (Å²) in [5.41, 5.74) is -39.0. The minimum atomic E-state index is -6.88. The van der Waals surface area contributed by atoms with Gasteiger partial charge < -0.3 is 4.90 Å². The third-order valence-corrected chi connectivity index (χ3v) is 8.61. The molecule has 0 spiro atoms. The summed E-state index contributed by atoms with van der Waals surface area (Å²) < 4.78 is 352. The number of hydrogen-bond acceptors (Lipinski definition) is 0. The van der Waals surface area contributed by atoms with Crippen molar-refractivity contribution in [3.05, 3.63) is 117 Å². The van der Waals surface area contributed by atoms with E-state index in [-0.39, 0.29) is 24.3 Å². The second-order valence-electron chi connectivity index (χ2n) is 13.4. The molecule has 1 nitrogen and oxygen atoms in total. The highest BCUT2D eigenvalue weighted by Gasteiger charge is 2.56. The minimum absolute atomic E-state index is 0.327. The molecule has 4 rings (SSSR count). The van der Waals surface area contributed by atoms with E-state index in [2.05, 4.69) is 21.1 Å². The van der Waals surface area contributed by atoms with E-state index in [1.54, 1.807) is 0 Å². The van der Waals surface area contributed by atoms with Gasteiger partial charge in [0.25, 0.3) is 0 Å². The fourth-order valence-corrected chi connectivity index (χ4v) is 6.94. The number of quaternary nitrogens is 1. The number of rotatable bonds is 4. The van der Waals surface area contributed by atoms with E-state index in [1.165, 1.54) is 4.90 Å². The maximum absolute atomic E-state index is 15.0. The minimum Gasteiger partial charge on any atom is -0.342 e. The van der Waals surface area contributed by atoms with Crippen LogP contribution >= 0.6 is 0 Å². The average Bonchev–Trinajstić information content (AvgIpc) is 3.04. The van der Waals surface area contributed by atoms with Crippen LogP contribution in [0.4, 0.5) is 105 Å². The molecule has 4 aromatic rings. The Balaban J connectivity index is 0.00000237. The molecule has 0 aromatic heterocycles. The summed E-state index contributed by atoms with van der Waals surface area (Å²) in [7, 11) is 6.25. The standard InChI is InChI=1S/C32H12BF24.C3H9N/c34-25(35,36)13-5-1-9-17(21(13)29(46,47)48)33(18-10-2-6-14(26(37,38)39)22(18)30(49,50)51,19-11-3-7-15(27(40,41)42)23(19)31(52,53)54)20-12-4-8-16(28(43,44)45)24(20)32(55,56)57;1-4(2)3/h1-12H;1-3H3/q-1;/p+1. The van der Waals surface area contributed by atoms with Crippen molar-refractivity contribution < 1.29 is 110 Å². The first-order chi connectivity index (χ1) is 27.1. The molecule has 4 aromatic carbocycles. The van der Waals surface area contributed by atoms with E-state index in [4.69, 9.17) is 0 Å². The second kappa shape index (κ2) is 16.2. The zero-order valence-electron chi connectivity index (χ0n) is 30.1. The van der Waals surface area contributed by atoms with Gasteiger partial charge in [0.2, 0.25) is 0 Å². The van der Waals surface area contributed by atoms with Crippen molar-refractivity contribution in [2.75, 3.05) is 21.1 Å². The molecule has 0 bridgehead atoms. The molecule has 338 valence electrons. The van der Waals surface area contributed by atoms with Gasteiger partial charge in [0.1, 0.15) is 6.15 Å². The quantitative estimate of drug-likeness (QED) is 0.154. The predicted octanol–water partition coefficient (Wildman–Crippen LogP) is 9.98. The highest BCUT2D eigenvalue weighted by Crippen LogP contribution is 2.47. The molecule has 0 unspecified atom stereocenters. The first-order valence-electron chi connectivity index (χ1n) is 16.2. The summed E-state index contributed by atoms with van der Waals surface area (Å²) in [5.74, 6) is 0. The van der Waals surface area contributed by atoms with E-state index in [0.29, 0.717) is 0 Å². The fraction of sp³-hybridized carbons (Fsp3) is 0.314. The molecule has 0 saturated heterocycles. The molecule has 0 aliphatic heterocycles. The van der Waals surface area contributed by atoms with E-state index in [0.717, 1.165) is 0 Å². The molecule has 0 amide bonds. The summed E-state index contributed by atoms with van der Waals surface area (Å²) in [6, 6.07) is -6.15. The van der Waals surface area contributed by atoms with Crippen molar-refractivity contribution in [1.82, 2.24) is 0 Å². The summed E-state index contributed by atoms with van der Waals surface area (Å²) in [6.07, 6.45) is -60.3. The Morgan fingerprint density at radius 2 is 0.426 bits per heavy atom. The Morgan fingerprint density at radius 3 is 0.541 bits per heavy atom. The van der Waals surface area contributed by atoms with Gasteiger partial charge in [-0.3, -0.25) is 0 Å². The van der Waals surface area contributed by atoms with E-state index < -0.39 is 170 Å². The molecule has 0 fully saturated rings. The van der Waals surface area contributed by atoms with Crippen LogP contribution in [0.1, 0.15) is 44.5 Å². The lowest BCUT2D eigenvalue weighted by Gasteiger charge is -2.50. The zero-order chi connectivity index (χ0) is 47.5. The molecule has 0 saturated carbocycles. The van der Waals surface area contributed by atoms with Crippen LogP contribution in [-0.4, -0.2) is 27.3 Å². The molecule has 1 N–H and O–H groups in total. The van der Waals surface area contributed by atoms with Gasteiger partial charge >= 0.3 is 49.4 Å². The van der Waals surface area contributed by atoms with Crippen molar-refractivity contribution in [3.8, 4) is 0 Å². The average molecular weight is 923 g/mol. The maximum Gasteiger partial charge on any atom is 0.416 e. The predicted molar refractivity (Wildman–Crippen MR) is 169 cm³/mol. The van der Waals surface area contributed by atoms with Gasteiger partial charge in [0, 0.05) is 22.3 Å². The van der Waals surface area contributed by atoms with Gasteiger partial charge in [-0.25, -0.2) is 0 Å². The summed E-state index contributed by atoms with van der Waals surface area (Å²) in [6.45, 7) is 0. The molecule has 0 aliphatic rings. The molecule has 0 heterocycles. The van der Waals surface area contributed by atoms with Crippen molar-refractivity contribution in [2.45, 2.75) is 49.4 Å². The molecule has 61 heavy (non-hydrogen) atoms. The summed E-state index contributed by atoms with van der Waals surface area (Å²) >= 11 is 0. The highest BCUT2D eigenvalue weighted by atomic mass is 19.4. The third-order valence-electron chi connectivity index (χ3n) is 8.61. The monoisotopic (exact) mass is 923 g/mol. The molecule has 26 heteroatoms. The van der Waals surface area contributed by atoms with Crippen molar-refractivity contribution in [2.24, 2.45) is 0 Å². The lowest BCUT2D eigenvalue weighted by atomic mass is 9.11. The van der Waals surface area contributed by atoms with Crippen molar-refractivity contribution >= 4 is 28.0 Å². The number of alkyl halides is 24. The number of hydrogen-bond donors (Lipinski definition) is 1. The Morgan fingerprint density at radius 1 is 0.279 bits per heavy atom. The number of nitrogens with one attached hydrogen (secondary N) is 1. The first kappa shape index (κ1) is 50.6. The van der Waals surface area contributed by atoms with Crippen LogP contribution in [0.2, 0.25) is 0 Å². The first-order valence-corrected chi connectivity index (χ1v) is 16.2. The molecule has 0 radical (unpaired) electrons. The maximum atomic E-state index is 15.0. The van der Waals surface area contributed by atoms with E-state index in [1.807, 2.05) is 0 Å². The van der Waals surface area contributed by atoms with E-state index >= 15 is 52.7 Å². The third kappa shape index (κ3) is 10.3. The Kier molecular flexibility index (Phi) is 13.4. The van der Waals surface area contributed by atoms with Gasteiger partial charge in [-0.1, -0.05) is 48.5 Å². The lowest BCUT2D eigenvalue weighted by Crippen LogP contribution is -3.02. The van der Waals surface area contributed by atoms with Crippen LogP contribution in [0.3, 0.4) is 0 Å². The van der Waals surface area contributed by atoms with Crippen LogP contribution in [0, 0.1) is 0 Å². The largest absolute Gasteiger partial charge is 0.416 e. The van der Waals surface area contributed by atoms with Gasteiger partial charge in [-0.05, 0) is 24.3 Å².